The molecule has 1 amide bonds. The Labute approximate surface area is 187 Å². The van der Waals surface area contributed by atoms with E-state index in [0.717, 1.165) is 28.6 Å². The van der Waals surface area contributed by atoms with Crippen LogP contribution in [0.5, 0.6) is 11.5 Å². The van der Waals surface area contributed by atoms with Crippen molar-refractivity contribution in [1.29, 1.82) is 0 Å². The van der Waals surface area contributed by atoms with Gasteiger partial charge in [0.2, 0.25) is 5.91 Å². The van der Waals surface area contributed by atoms with Crippen LogP contribution in [0.1, 0.15) is 20.8 Å². The van der Waals surface area contributed by atoms with Crippen LogP contribution in [0.2, 0.25) is 0 Å². The zero-order valence-electron chi connectivity index (χ0n) is 18.3. The molecule has 0 spiro atoms. The molecule has 1 heterocycles. The highest BCUT2D eigenvalue weighted by Crippen LogP contribution is 2.25. The standard InChI is InChI=1S/C23H28N4O3S/c1-5-29-19-12-8-18(9-13-19)24-21(28)15-31-23-26-25-22(27(23)4)17-6-10-20(11-7-17)30-14-16(2)3/h6-13,16H,5,14-15H2,1-4H3,(H,24,28). The topological polar surface area (TPSA) is 78.3 Å². The summed E-state index contributed by atoms with van der Waals surface area (Å²) in [4.78, 5) is 12.3. The molecule has 3 aromatic rings. The summed E-state index contributed by atoms with van der Waals surface area (Å²) in [5.41, 5.74) is 1.67. The van der Waals surface area contributed by atoms with Crippen molar-refractivity contribution in [2.75, 3.05) is 24.3 Å². The SMILES string of the molecule is CCOc1ccc(NC(=O)CSc2nnc(-c3ccc(OCC(C)C)cc3)n2C)cc1. The zero-order valence-corrected chi connectivity index (χ0v) is 19.1. The molecule has 3 rings (SSSR count). The number of amides is 1. The summed E-state index contributed by atoms with van der Waals surface area (Å²) in [6, 6.07) is 15.1. The number of benzene rings is 2. The predicted octanol–water partition coefficient (Wildman–Crippen LogP) is 4.65. The van der Waals surface area contributed by atoms with Gasteiger partial charge in [0, 0.05) is 18.3 Å². The number of ether oxygens (including phenoxy) is 2. The molecule has 0 aliphatic rings. The summed E-state index contributed by atoms with van der Waals surface area (Å²) < 4.78 is 13.0. The zero-order chi connectivity index (χ0) is 22.2. The third kappa shape index (κ3) is 6.49. The van der Waals surface area contributed by atoms with E-state index in [1.807, 2.05) is 67.1 Å². The van der Waals surface area contributed by atoms with E-state index in [1.165, 1.54) is 11.8 Å². The van der Waals surface area contributed by atoms with Crippen molar-refractivity contribution in [3.8, 4) is 22.9 Å². The molecule has 2 aromatic carbocycles. The summed E-state index contributed by atoms with van der Waals surface area (Å²) in [7, 11) is 1.89. The van der Waals surface area contributed by atoms with Gasteiger partial charge in [0.1, 0.15) is 11.5 Å². The first-order valence-electron chi connectivity index (χ1n) is 10.2. The predicted molar refractivity (Wildman–Crippen MR) is 124 cm³/mol. The minimum atomic E-state index is -0.106. The van der Waals surface area contributed by atoms with E-state index in [0.29, 0.717) is 24.3 Å². The van der Waals surface area contributed by atoms with Crippen molar-refractivity contribution in [3.05, 3.63) is 48.5 Å². The molecule has 1 N–H and O–H groups in total. The third-order valence-electron chi connectivity index (χ3n) is 4.31. The molecule has 0 bridgehead atoms. The second-order valence-electron chi connectivity index (χ2n) is 7.39. The van der Waals surface area contributed by atoms with Crippen molar-refractivity contribution in [3.63, 3.8) is 0 Å². The van der Waals surface area contributed by atoms with Crippen LogP contribution < -0.4 is 14.8 Å². The summed E-state index contributed by atoms with van der Waals surface area (Å²) >= 11 is 1.34. The minimum Gasteiger partial charge on any atom is -0.494 e. The highest BCUT2D eigenvalue weighted by Gasteiger charge is 2.13. The van der Waals surface area contributed by atoms with Gasteiger partial charge in [-0.3, -0.25) is 4.79 Å². The number of thioether (sulfide) groups is 1. The number of anilines is 1. The quantitative estimate of drug-likeness (QED) is 0.463. The molecule has 8 heteroatoms. The van der Waals surface area contributed by atoms with Crippen LogP contribution in [-0.2, 0) is 11.8 Å². The van der Waals surface area contributed by atoms with Crippen LogP contribution in [0, 0.1) is 5.92 Å². The Hall–Kier alpha value is -3.00. The Kier molecular flexibility index (Phi) is 7.94. The summed E-state index contributed by atoms with van der Waals surface area (Å²) in [5.74, 6) is 2.96. The van der Waals surface area contributed by atoms with Crippen molar-refractivity contribution < 1.29 is 14.3 Å². The van der Waals surface area contributed by atoms with Gasteiger partial charge in [-0.05, 0) is 61.4 Å². The van der Waals surface area contributed by atoms with Gasteiger partial charge in [-0.2, -0.15) is 0 Å². The lowest BCUT2D eigenvalue weighted by atomic mass is 10.2. The molecular formula is C23H28N4O3S. The largest absolute Gasteiger partial charge is 0.494 e. The number of carbonyl (C=O) groups excluding carboxylic acids is 1. The Bertz CT molecular complexity index is 985. The van der Waals surface area contributed by atoms with E-state index in [9.17, 15) is 4.79 Å². The van der Waals surface area contributed by atoms with Gasteiger partial charge in [0.15, 0.2) is 11.0 Å². The number of hydrogen-bond acceptors (Lipinski definition) is 6. The van der Waals surface area contributed by atoms with Gasteiger partial charge in [-0.25, -0.2) is 0 Å². The Morgan fingerprint density at radius 1 is 1.03 bits per heavy atom. The summed E-state index contributed by atoms with van der Waals surface area (Å²) in [6.07, 6.45) is 0. The second kappa shape index (κ2) is 10.9. The van der Waals surface area contributed by atoms with Gasteiger partial charge >= 0.3 is 0 Å². The molecule has 7 nitrogen and oxygen atoms in total. The van der Waals surface area contributed by atoms with Gasteiger partial charge in [-0.15, -0.1) is 10.2 Å². The lowest BCUT2D eigenvalue weighted by Gasteiger charge is -2.09. The Balaban J connectivity index is 1.55. The van der Waals surface area contributed by atoms with Crippen molar-refractivity contribution >= 4 is 23.4 Å². The molecule has 0 atom stereocenters. The van der Waals surface area contributed by atoms with Crippen LogP contribution in [0.3, 0.4) is 0 Å². The summed E-state index contributed by atoms with van der Waals surface area (Å²) in [6.45, 7) is 7.46. The number of rotatable bonds is 10. The molecule has 0 fully saturated rings. The molecule has 0 aliphatic heterocycles. The molecule has 164 valence electrons. The van der Waals surface area contributed by atoms with E-state index in [4.69, 9.17) is 9.47 Å². The second-order valence-corrected chi connectivity index (χ2v) is 8.33. The number of hydrogen-bond donors (Lipinski definition) is 1. The van der Waals surface area contributed by atoms with Crippen molar-refractivity contribution in [1.82, 2.24) is 14.8 Å². The van der Waals surface area contributed by atoms with Crippen LogP contribution in [0.15, 0.2) is 53.7 Å². The molecule has 0 saturated carbocycles. The Morgan fingerprint density at radius 2 is 1.68 bits per heavy atom. The molecule has 0 radical (unpaired) electrons. The van der Waals surface area contributed by atoms with E-state index < -0.39 is 0 Å². The number of nitrogens with one attached hydrogen (secondary N) is 1. The average Bonchev–Trinajstić information content (AvgIpc) is 3.13. The highest BCUT2D eigenvalue weighted by atomic mass is 32.2. The normalized spacial score (nSPS) is 10.9. The molecule has 31 heavy (non-hydrogen) atoms. The van der Waals surface area contributed by atoms with Crippen molar-refractivity contribution in [2.45, 2.75) is 25.9 Å². The van der Waals surface area contributed by atoms with E-state index in [-0.39, 0.29) is 11.7 Å². The van der Waals surface area contributed by atoms with E-state index >= 15 is 0 Å². The fraction of sp³-hybridized carbons (Fsp3) is 0.348. The smallest absolute Gasteiger partial charge is 0.234 e. The monoisotopic (exact) mass is 440 g/mol. The van der Waals surface area contributed by atoms with Crippen LogP contribution in [-0.4, -0.2) is 39.6 Å². The average molecular weight is 441 g/mol. The first kappa shape index (κ1) is 22.7. The van der Waals surface area contributed by atoms with Crippen molar-refractivity contribution in [2.24, 2.45) is 13.0 Å². The highest BCUT2D eigenvalue weighted by molar-refractivity contribution is 7.99. The van der Waals surface area contributed by atoms with Gasteiger partial charge in [-0.1, -0.05) is 25.6 Å². The molecule has 0 aliphatic carbocycles. The van der Waals surface area contributed by atoms with Gasteiger partial charge < -0.3 is 19.4 Å². The number of nitrogens with zero attached hydrogens (tertiary/aromatic N) is 3. The fourth-order valence-corrected chi connectivity index (χ4v) is 3.49. The first-order chi connectivity index (χ1) is 15.0. The van der Waals surface area contributed by atoms with Crippen LogP contribution in [0.25, 0.3) is 11.4 Å². The van der Waals surface area contributed by atoms with Crippen LogP contribution >= 0.6 is 11.8 Å². The summed E-state index contributed by atoms with van der Waals surface area (Å²) in [5, 5.41) is 12.1. The number of aromatic nitrogens is 3. The number of carbonyl (C=O) groups is 1. The lowest BCUT2D eigenvalue weighted by molar-refractivity contribution is -0.113. The maximum Gasteiger partial charge on any atom is 0.234 e. The van der Waals surface area contributed by atoms with E-state index in [2.05, 4.69) is 29.4 Å². The fourth-order valence-electron chi connectivity index (χ4n) is 2.78. The molecule has 0 saturated heterocycles. The maximum atomic E-state index is 12.3. The first-order valence-corrected chi connectivity index (χ1v) is 11.2. The minimum absolute atomic E-state index is 0.106. The van der Waals surface area contributed by atoms with Crippen LogP contribution in [0.4, 0.5) is 5.69 Å². The van der Waals surface area contributed by atoms with Gasteiger partial charge in [0.05, 0.1) is 19.0 Å². The lowest BCUT2D eigenvalue weighted by Crippen LogP contribution is -2.14. The maximum absolute atomic E-state index is 12.3. The molecule has 1 aromatic heterocycles. The molecular weight excluding hydrogens is 412 g/mol. The Morgan fingerprint density at radius 3 is 2.32 bits per heavy atom. The third-order valence-corrected chi connectivity index (χ3v) is 5.33. The van der Waals surface area contributed by atoms with Gasteiger partial charge in [0.25, 0.3) is 0 Å². The molecule has 0 unspecified atom stereocenters. The van der Waals surface area contributed by atoms with E-state index in [1.54, 1.807) is 0 Å².